The number of carboxylic acid groups (broad SMARTS) is 1. The molecule has 0 radical (unpaired) electrons. The number of hydrogen-bond acceptors (Lipinski definition) is 3. The van der Waals surface area contributed by atoms with Gasteiger partial charge in [-0.1, -0.05) is 6.08 Å². The van der Waals surface area contributed by atoms with Gasteiger partial charge in [-0.05, 0) is 52.9 Å². The summed E-state index contributed by atoms with van der Waals surface area (Å²) in [6.45, 7) is 9.88. The van der Waals surface area contributed by atoms with Crippen LogP contribution in [0.4, 0.5) is 4.79 Å². The molecule has 0 spiro atoms. The summed E-state index contributed by atoms with van der Waals surface area (Å²) in [6, 6.07) is 0. The zero-order valence-electron chi connectivity index (χ0n) is 13.4. The smallest absolute Gasteiger partial charge is 0.410 e. The summed E-state index contributed by atoms with van der Waals surface area (Å²) >= 11 is 0. The van der Waals surface area contributed by atoms with Crippen LogP contribution in [0.1, 0.15) is 52.9 Å². The standard InChI is InChI=1S/C16H27NO4/c1-5-6-7-9-16(13(18)19)10-8-11-17(12-16)14(20)21-15(2,3)4/h5H,1,6-12H2,2-4H3,(H,18,19). The average Bonchev–Trinajstić information content (AvgIpc) is 2.37. The number of piperidine rings is 1. The van der Waals surface area contributed by atoms with E-state index >= 15 is 0 Å². The molecule has 1 amide bonds. The number of unbranched alkanes of at least 4 members (excludes halogenated alkanes) is 1. The average molecular weight is 297 g/mol. The fourth-order valence-corrected chi connectivity index (χ4v) is 2.68. The molecule has 1 heterocycles. The van der Waals surface area contributed by atoms with Crippen LogP contribution < -0.4 is 0 Å². The summed E-state index contributed by atoms with van der Waals surface area (Å²) in [7, 11) is 0. The minimum Gasteiger partial charge on any atom is -0.481 e. The number of nitrogens with zero attached hydrogens (tertiary/aromatic N) is 1. The van der Waals surface area contributed by atoms with E-state index in [1.807, 2.05) is 20.8 Å². The molecule has 5 heteroatoms. The van der Waals surface area contributed by atoms with Crippen LogP contribution >= 0.6 is 0 Å². The number of hydrogen-bond donors (Lipinski definition) is 1. The molecule has 0 aromatic rings. The number of rotatable bonds is 5. The van der Waals surface area contributed by atoms with Gasteiger partial charge in [0.15, 0.2) is 0 Å². The van der Waals surface area contributed by atoms with Crippen molar-refractivity contribution in [3.63, 3.8) is 0 Å². The Bertz CT molecular complexity index is 400. The molecule has 1 unspecified atom stereocenters. The maximum atomic E-state index is 12.1. The Labute approximate surface area is 127 Å². The minimum atomic E-state index is -0.849. The highest BCUT2D eigenvalue weighted by Crippen LogP contribution is 2.36. The van der Waals surface area contributed by atoms with E-state index in [0.29, 0.717) is 25.8 Å². The molecule has 0 bridgehead atoms. The first-order chi connectivity index (χ1) is 9.70. The van der Waals surface area contributed by atoms with Crippen molar-refractivity contribution < 1.29 is 19.4 Å². The molecule has 1 aliphatic rings. The van der Waals surface area contributed by atoms with Crippen molar-refractivity contribution in [3.8, 4) is 0 Å². The Kier molecular flexibility index (Phi) is 5.81. The molecule has 21 heavy (non-hydrogen) atoms. The van der Waals surface area contributed by atoms with Crippen molar-refractivity contribution in [1.82, 2.24) is 4.90 Å². The molecule has 1 aliphatic heterocycles. The number of likely N-dealkylation sites (tertiary alicyclic amines) is 1. The molecule has 0 aromatic heterocycles. The Balaban J connectivity index is 2.76. The number of carbonyl (C=O) groups excluding carboxylic acids is 1. The normalized spacial score (nSPS) is 22.7. The third-order valence-electron chi connectivity index (χ3n) is 3.75. The number of ether oxygens (including phenoxy) is 1. The topological polar surface area (TPSA) is 66.8 Å². The second-order valence-electron chi connectivity index (χ2n) is 6.77. The van der Waals surface area contributed by atoms with E-state index in [-0.39, 0.29) is 6.54 Å². The van der Waals surface area contributed by atoms with E-state index in [1.54, 1.807) is 6.08 Å². The van der Waals surface area contributed by atoms with Crippen LogP contribution in [0.3, 0.4) is 0 Å². The predicted octanol–water partition coefficient (Wildman–Crippen LogP) is 3.44. The molecule has 5 nitrogen and oxygen atoms in total. The summed E-state index contributed by atoms with van der Waals surface area (Å²) in [4.78, 5) is 25.4. The Hall–Kier alpha value is -1.52. The van der Waals surface area contributed by atoms with Crippen molar-refractivity contribution in [2.45, 2.75) is 58.5 Å². The van der Waals surface area contributed by atoms with Crippen LogP contribution in [-0.4, -0.2) is 40.8 Å². The number of aliphatic carboxylic acids is 1. The van der Waals surface area contributed by atoms with E-state index in [4.69, 9.17) is 4.74 Å². The van der Waals surface area contributed by atoms with E-state index in [9.17, 15) is 14.7 Å². The molecule has 1 atom stereocenters. The van der Waals surface area contributed by atoms with Crippen LogP contribution in [0.5, 0.6) is 0 Å². The van der Waals surface area contributed by atoms with Gasteiger partial charge in [-0.3, -0.25) is 4.79 Å². The van der Waals surface area contributed by atoms with Gasteiger partial charge in [-0.25, -0.2) is 4.79 Å². The van der Waals surface area contributed by atoms with Gasteiger partial charge in [0.2, 0.25) is 0 Å². The van der Waals surface area contributed by atoms with Gasteiger partial charge in [-0.15, -0.1) is 6.58 Å². The first-order valence-corrected chi connectivity index (χ1v) is 7.52. The Morgan fingerprint density at radius 2 is 2.10 bits per heavy atom. The highest BCUT2D eigenvalue weighted by Gasteiger charge is 2.43. The van der Waals surface area contributed by atoms with Crippen LogP contribution in [0.15, 0.2) is 12.7 Å². The quantitative estimate of drug-likeness (QED) is 0.623. The second kappa shape index (κ2) is 6.96. The summed E-state index contributed by atoms with van der Waals surface area (Å²) < 4.78 is 5.35. The second-order valence-corrected chi connectivity index (χ2v) is 6.77. The lowest BCUT2D eigenvalue weighted by Gasteiger charge is -2.40. The molecule has 0 saturated carbocycles. The van der Waals surface area contributed by atoms with Crippen molar-refractivity contribution in [3.05, 3.63) is 12.7 Å². The van der Waals surface area contributed by atoms with E-state index in [2.05, 4.69) is 6.58 Å². The summed E-state index contributed by atoms with van der Waals surface area (Å²) in [5, 5.41) is 9.62. The zero-order chi connectivity index (χ0) is 16.1. The predicted molar refractivity (Wildman–Crippen MR) is 81.2 cm³/mol. The van der Waals surface area contributed by atoms with Gasteiger partial charge in [0, 0.05) is 13.1 Å². The molecule has 1 N–H and O–H groups in total. The van der Waals surface area contributed by atoms with Gasteiger partial charge in [0.25, 0.3) is 0 Å². The highest BCUT2D eigenvalue weighted by molar-refractivity contribution is 5.77. The number of amides is 1. The fraction of sp³-hybridized carbons (Fsp3) is 0.750. The fourth-order valence-electron chi connectivity index (χ4n) is 2.68. The molecule has 1 saturated heterocycles. The van der Waals surface area contributed by atoms with Crippen LogP contribution in [0.2, 0.25) is 0 Å². The minimum absolute atomic E-state index is 0.231. The zero-order valence-corrected chi connectivity index (χ0v) is 13.4. The van der Waals surface area contributed by atoms with Crippen LogP contribution in [-0.2, 0) is 9.53 Å². The molecular weight excluding hydrogens is 270 g/mol. The number of carbonyl (C=O) groups is 2. The third kappa shape index (κ3) is 5.06. The van der Waals surface area contributed by atoms with E-state index in [0.717, 1.165) is 12.8 Å². The van der Waals surface area contributed by atoms with E-state index in [1.165, 1.54) is 4.90 Å². The lowest BCUT2D eigenvalue weighted by molar-refractivity contribution is -0.152. The molecule has 120 valence electrons. The van der Waals surface area contributed by atoms with Crippen molar-refractivity contribution in [1.29, 1.82) is 0 Å². The van der Waals surface area contributed by atoms with Gasteiger partial charge in [-0.2, -0.15) is 0 Å². The van der Waals surface area contributed by atoms with Crippen LogP contribution in [0.25, 0.3) is 0 Å². The van der Waals surface area contributed by atoms with Gasteiger partial charge < -0.3 is 14.7 Å². The third-order valence-corrected chi connectivity index (χ3v) is 3.75. The van der Waals surface area contributed by atoms with Crippen LogP contribution in [0, 0.1) is 5.41 Å². The molecule has 0 aromatic carbocycles. The lowest BCUT2D eigenvalue weighted by Crippen LogP contribution is -2.51. The first kappa shape index (κ1) is 17.5. The van der Waals surface area contributed by atoms with Crippen molar-refractivity contribution in [2.24, 2.45) is 5.41 Å². The SMILES string of the molecule is C=CCCCC1(C(=O)O)CCCN(C(=O)OC(C)(C)C)C1. The van der Waals surface area contributed by atoms with Gasteiger partial charge in [0.1, 0.15) is 5.60 Å². The largest absolute Gasteiger partial charge is 0.481 e. The lowest BCUT2D eigenvalue weighted by atomic mass is 9.76. The first-order valence-electron chi connectivity index (χ1n) is 7.52. The maximum absolute atomic E-state index is 12.1. The monoisotopic (exact) mass is 297 g/mol. The Morgan fingerprint density at radius 1 is 1.43 bits per heavy atom. The molecule has 1 fully saturated rings. The Morgan fingerprint density at radius 3 is 2.62 bits per heavy atom. The molecular formula is C16H27NO4. The van der Waals surface area contributed by atoms with E-state index < -0.39 is 23.1 Å². The molecule has 1 rings (SSSR count). The molecule has 0 aliphatic carbocycles. The summed E-state index contributed by atoms with van der Waals surface area (Å²) in [5.74, 6) is -0.820. The highest BCUT2D eigenvalue weighted by atomic mass is 16.6. The number of allylic oxidation sites excluding steroid dienone is 1. The summed E-state index contributed by atoms with van der Waals surface area (Å²) in [6.07, 6.45) is 4.81. The number of carboxylic acids is 1. The van der Waals surface area contributed by atoms with Gasteiger partial charge >= 0.3 is 12.1 Å². The van der Waals surface area contributed by atoms with Gasteiger partial charge in [0.05, 0.1) is 5.41 Å². The summed E-state index contributed by atoms with van der Waals surface area (Å²) in [5.41, 5.74) is -1.42. The maximum Gasteiger partial charge on any atom is 0.410 e. The van der Waals surface area contributed by atoms with Crippen molar-refractivity contribution >= 4 is 12.1 Å². The van der Waals surface area contributed by atoms with Crippen molar-refractivity contribution in [2.75, 3.05) is 13.1 Å².